The zero-order chi connectivity index (χ0) is 18.0. The fourth-order valence-electron chi connectivity index (χ4n) is 4.04. The summed E-state index contributed by atoms with van der Waals surface area (Å²) in [6, 6.07) is 12.0. The molecular formula is C20H24N4O2. The second-order valence-corrected chi connectivity index (χ2v) is 7.30. The molecule has 6 heteroatoms. The zero-order valence-electron chi connectivity index (χ0n) is 15.1. The first-order valence-electron chi connectivity index (χ1n) is 9.11. The summed E-state index contributed by atoms with van der Waals surface area (Å²) in [6.07, 6.45) is 4.37. The first kappa shape index (κ1) is 16.8. The van der Waals surface area contributed by atoms with Gasteiger partial charge in [0, 0.05) is 50.3 Å². The average Bonchev–Trinajstić information content (AvgIpc) is 2.98. The molecule has 2 aliphatic heterocycles. The van der Waals surface area contributed by atoms with E-state index in [4.69, 9.17) is 4.74 Å². The van der Waals surface area contributed by atoms with E-state index in [0.29, 0.717) is 24.8 Å². The number of rotatable bonds is 4. The van der Waals surface area contributed by atoms with E-state index in [1.54, 1.807) is 19.4 Å². The maximum atomic E-state index is 12.6. The average molecular weight is 352 g/mol. The summed E-state index contributed by atoms with van der Waals surface area (Å²) in [6.45, 7) is 3.32. The number of hydrogen-bond acceptors (Lipinski definition) is 5. The normalized spacial score (nSPS) is 19.2. The van der Waals surface area contributed by atoms with Crippen LogP contribution in [0.4, 0.5) is 5.95 Å². The molecule has 1 amide bonds. The number of methoxy groups -OCH3 is 1. The van der Waals surface area contributed by atoms with Crippen molar-refractivity contribution in [2.24, 2.45) is 5.41 Å². The van der Waals surface area contributed by atoms with Crippen molar-refractivity contribution in [1.82, 2.24) is 14.9 Å². The molecule has 2 saturated heterocycles. The molecule has 136 valence electrons. The van der Waals surface area contributed by atoms with Crippen molar-refractivity contribution >= 4 is 11.9 Å². The van der Waals surface area contributed by atoms with Gasteiger partial charge in [-0.25, -0.2) is 4.98 Å². The number of aromatic nitrogens is 2. The lowest BCUT2D eigenvalue weighted by Gasteiger charge is -2.38. The molecule has 0 atom stereocenters. The van der Waals surface area contributed by atoms with Crippen molar-refractivity contribution < 1.29 is 9.53 Å². The Morgan fingerprint density at radius 2 is 1.92 bits per heavy atom. The van der Waals surface area contributed by atoms with E-state index < -0.39 is 0 Å². The third kappa shape index (κ3) is 3.36. The molecule has 26 heavy (non-hydrogen) atoms. The number of piperidine rings is 1. The molecule has 2 aliphatic rings. The van der Waals surface area contributed by atoms with Gasteiger partial charge in [0.25, 0.3) is 0 Å². The van der Waals surface area contributed by atoms with E-state index >= 15 is 0 Å². The number of ether oxygens (including phenoxy) is 1. The van der Waals surface area contributed by atoms with Gasteiger partial charge in [-0.15, -0.1) is 0 Å². The minimum absolute atomic E-state index is 0.0984. The van der Waals surface area contributed by atoms with Crippen molar-refractivity contribution in [1.29, 1.82) is 0 Å². The predicted octanol–water partition coefficient (Wildman–Crippen LogP) is 2.50. The molecule has 6 nitrogen and oxygen atoms in total. The van der Waals surface area contributed by atoms with Crippen LogP contribution < -0.4 is 9.64 Å². The molecule has 0 unspecified atom stereocenters. The highest BCUT2D eigenvalue weighted by atomic mass is 16.5. The molecule has 1 aromatic heterocycles. The first-order valence-corrected chi connectivity index (χ1v) is 9.11. The van der Waals surface area contributed by atoms with Crippen LogP contribution in [0.25, 0.3) is 0 Å². The Hall–Kier alpha value is -2.63. The standard InChI is InChI=1S/C20H24N4O2/c1-26-17-7-10-21-19(22-17)23-11-8-20(9-12-23)13-18(25)24(15-20)14-16-5-3-2-4-6-16/h2-7,10H,8-9,11-15H2,1H3. The second kappa shape index (κ2) is 6.94. The number of benzene rings is 1. The van der Waals surface area contributed by atoms with Crippen LogP contribution in [0, 0.1) is 5.41 Å². The van der Waals surface area contributed by atoms with Gasteiger partial charge in [0.15, 0.2) is 0 Å². The zero-order valence-corrected chi connectivity index (χ0v) is 15.1. The van der Waals surface area contributed by atoms with Gasteiger partial charge >= 0.3 is 0 Å². The number of amides is 1. The van der Waals surface area contributed by atoms with E-state index in [2.05, 4.69) is 27.0 Å². The fraction of sp³-hybridized carbons (Fsp3) is 0.450. The summed E-state index contributed by atoms with van der Waals surface area (Å²) in [7, 11) is 1.61. The Kier molecular flexibility index (Phi) is 4.49. The largest absolute Gasteiger partial charge is 0.481 e. The van der Waals surface area contributed by atoms with Crippen molar-refractivity contribution in [3.63, 3.8) is 0 Å². The van der Waals surface area contributed by atoms with Crippen LogP contribution in [0.15, 0.2) is 42.6 Å². The van der Waals surface area contributed by atoms with Gasteiger partial charge in [-0.2, -0.15) is 4.98 Å². The van der Waals surface area contributed by atoms with Gasteiger partial charge in [0.05, 0.1) is 7.11 Å². The lowest BCUT2D eigenvalue weighted by Crippen LogP contribution is -2.42. The van der Waals surface area contributed by atoms with Gasteiger partial charge in [-0.1, -0.05) is 30.3 Å². The summed E-state index contributed by atoms with van der Waals surface area (Å²) in [5.74, 6) is 1.57. The van der Waals surface area contributed by atoms with Gasteiger partial charge in [-0.05, 0) is 18.4 Å². The Morgan fingerprint density at radius 3 is 2.65 bits per heavy atom. The van der Waals surface area contributed by atoms with E-state index in [1.165, 1.54) is 5.56 Å². The molecule has 2 aromatic rings. The van der Waals surface area contributed by atoms with Crippen LogP contribution in [-0.4, -0.2) is 47.5 Å². The number of likely N-dealkylation sites (tertiary alicyclic amines) is 1. The minimum Gasteiger partial charge on any atom is -0.481 e. The Balaban J connectivity index is 1.40. The van der Waals surface area contributed by atoms with Crippen molar-refractivity contribution in [2.75, 3.05) is 31.6 Å². The molecule has 0 saturated carbocycles. The molecule has 0 radical (unpaired) electrons. The topological polar surface area (TPSA) is 58.6 Å². The monoisotopic (exact) mass is 352 g/mol. The number of anilines is 1. The second-order valence-electron chi connectivity index (χ2n) is 7.30. The number of nitrogens with zero attached hydrogens (tertiary/aromatic N) is 4. The maximum Gasteiger partial charge on any atom is 0.228 e. The van der Waals surface area contributed by atoms with Crippen molar-refractivity contribution in [2.45, 2.75) is 25.8 Å². The third-order valence-electron chi connectivity index (χ3n) is 5.55. The molecule has 1 spiro atoms. The summed E-state index contributed by atoms with van der Waals surface area (Å²) in [5.41, 5.74) is 1.29. The van der Waals surface area contributed by atoms with Gasteiger partial charge in [0.1, 0.15) is 0 Å². The lowest BCUT2D eigenvalue weighted by atomic mass is 9.77. The first-order chi connectivity index (χ1) is 12.7. The van der Waals surface area contributed by atoms with Crippen molar-refractivity contribution in [3.05, 3.63) is 48.2 Å². The van der Waals surface area contributed by atoms with Crippen LogP contribution in [0.2, 0.25) is 0 Å². The number of carbonyl (C=O) groups is 1. The Morgan fingerprint density at radius 1 is 1.15 bits per heavy atom. The van der Waals surface area contributed by atoms with E-state index in [1.807, 2.05) is 23.1 Å². The lowest BCUT2D eigenvalue weighted by molar-refractivity contribution is -0.128. The van der Waals surface area contributed by atoms with Crippen LogP contribution in [0.5, 0.6) is 5.88 Å². The SMILES string of the molecule is COc1ccnc(N2CCC3(CC2)CC(=O)N(Cc2ccccc2)C3)n1. The molecule has 1 aromatic carbocycles. The molecule has 4 rings (SSSR count). The molecule has 0 aliphatic carbocycles. The molecule has 0 N–H and O–H groups in total. The van der Waals surface area contributed by atoms with E-state index in [0.717, 1.165) is 32.5 Å². The van der Waals surface area contributed by atoms with Crippen LogP contribution >= 0.6 is 0 Å². The Bertz CT molecular complexity index is 772. The Labute approximate surface area is 153 Å². The molecule has 3 heterocycles. The quantitative estimate of drug-likeness (QED) is 0.846. The molecular weight excluding hydrogens is 328 g/mol. The smallest absolute Gasteiger partial charge is 0.228 e. The van der Waals surface area contributed by atoms with Crippen molar-refractivity contribution in [3.8, 4) is 5.88 Å². The number of carbonyl (C=O) groups excluding carboxylic acids is 1. The highest BCUT2D eigenvalue weighted by Crippen LogP contribution is 2.42. The molecule has 2 fully saturated rings. The van der Waals surface area contributed by atoms with Crippen LogP contribution in [-0.2, 0) is 11.3 Å². The van der Waals surface area contributed by atoms with Gasteiger partial charge in [-0.3, -0.25) is 4.79 Å². The predicted molar refractivity (Wildman–Crippen MR) is 98.9 cm³/mol. The fourth-order valence-corrected chi connectivity index (χ4v) is 4.04. The van der Waals surface area contributed by atoms with Crippen LogP contribution in [0.1, 0.15) is 24.8 Å². The van der Waals surface area contributed by atoms with E-state index in [9.17, 15) is 4.79 Å². The summed E-state index contributed by atoms with van der Waals surface area (Å²) < 4.78 is 5.19. The number of hydrogen-bond donors (Lipinski definition) is 0. The summed E-state index contributed by atoms with van der Waals surface area (Å²) in [5, 5.41) is 0. The van der Waals surface area contributed by atoms with Gasteiger partial charge < -0.3 is 14.5 Å². The highest BCUT2D eigenvalue weighted by molar-refractivity contribution is 5.79. The third-order valence-corrected chi connectivity index (χ3v) is 5.55. The summed E-state index contributed by atoms with van der Waals surface area (Å²) in [4.78, 5) is 25.6. The maximum absolute atomic E-state index is 12.6. The van der Waals surface area contributed by atoms with Gasteiger partial charge in [0.2, 0.25) is 17.7 Å². The van der Waals surface area contributed by atoms with E-state index in [-0.39, 0.29) is 11.3 Å². The summed E-state index contributed by atoms with van der Waals surface area (Å²) >= 11 is 0. The minimum atomic E-state index is 0.0984. The van der Waals surface area contributed by atoms with Crippen LogP contribution in [0.3, 0.4) is 0 Å². The molecule has 0 bridgehead atoms. The highest BCUT2D eigenvalue weighted by Gasteiger charge is 2.45.